The smallest absolute Gasteiger partial charge is 0.223 e. The minimum atomic E-state index is -0.124. The van der Waals surface area contributed by atoms with Crippen LogP contribution in [-0.4, -0.2) is 39.4 Å². The predicted molar refractivity (Wildman–Crippen MR) is 153 cm³/mol. The molecule has 3 heterocycles. The number of carbonyl (C=O) groups excluding carboxylic acids is 1. The number of nitrogen functional groups attached to an aromatic ring is 1. The second kappa shape index (κ2) is 8.48. The lowest BCUT2D eigenvalue weighted by Gasteiger charge is -2.19. The molecule has 0 fully saturated rings. The maximum atomic E-state index is 12.4. The first-order valence-corrected chi connectivity index (χ1v) is 12.6. The molecule has 1 aliphatic heterocycles. The molecule has 0 saturated heterocycles. The zero-order chi connectivity index (χ0) is 26.8. The van der Waals surface area contributed by atoms with E-state index in [9.17, 15) is 4.79 Å². The van der Waals surface area contributed by atoms with Gasteiger partial charge in [-0.05, 0) is 47.9 Å². The van der Waals surface area contributed by atoms with E-state index in [1.54, 1.807) is 14.0 Å². The van der Waals surface area contributed by atoms with Gasteiger partial charge < -0.3 is 16.0 Å². The summed E-state index contributed by atoms with van der Waals surface area (Å²) in [5.74, 6) is 1.55. The van der Waals surface area contributed by atoms with Crippen LogP contribution in [0.4, 0.5) is 17.5 Å². The number of aromatic nitrogens is 4. The van der Waals surface area contributed by atoms with Gasteiger partial charge in [-0.1, -0.05) is 38.1 Å². The monoisotopic (exact) mass is 503 g/mol. The van der Waals surface area contributed by atoms with Crippen LogP contribution < -0.4 is 16.0 Å². The molecule has 0 saturated carbocycles. The number of hydrogen-bond donors (Lipinski definition) is 2. The number of nitrogens with two attached hydrogens (primary N) is 1. The van der Waals surface area contributed by atoms with Crippen LogP contribution in [0.3, 0.4) is 0 Å². The van der Waals surface area contributed by atoms with E-state index in [0.29, 0.717) is 24.1 Å². The van der Waals surface area contributed by atoms with Gasteiger partial charge in [0.15, 0.2) is 5.82 Å². The van der Waals surface area contributed by atoms with Gasteiger partial charge in [0.25, 0.3) is 0 Å². The molecule has 0 bridgehead atoms. The summed E-state index contributed by atoms with van der Waals surface area (Å²) in [4.78, 5) is 32.9. The van der Waals surface area contributed by atoms with E-state index in [2.05, 4.69) is 59.2 Å². The lowest BCUT2D eigenvalue weighted by Crippen LogP contribution is -2.31. The first-order chi connectivity index (χ1) is 18.2. The number of rotatable bonds is 3. The number of benzene rings is 3. The summed E-state index contributed by atoms with van der Waals surface area (Å²) >= 11 is 0. The Morgan fingerprint density at radius 3 is 2.58 bits per heavy atom. The van der Waals surface area contributed by atoms with E-state index in [1.165, 1.54) is 0 Å². The van der Waals surface area contributed by atoms with E-state index < -0.39 is 0 Å². The van der Waals surface area contributed by atoms with Crippen molar-refractivity contribution in [3.63, 3.8) is 0 Å². The van der Waals surface area contributed by atoms with Crippen molar-refractivity contribution in [2.45, 2.75) is 33.1 Å². The maximum Gasteiger partial charge on any atom is 0.223 e. The molecule has 1 aliphatic rings. The first kappa shape index (κ1) is 23.8. The molecule has 8 heteroatoms. The van der Waals surface area contributed by atoms with Crippen molar-refractivity contribution in [3.8, 4) is 22.5 Å². The van der Waals surface area contributed by atoms with Gasteiger partial charge in [-0.2, -0.15) is 0 Å². The zero-order valence-electron chi connectivity index (χ0n) is 22.1. The zero-order valence-corrected chi connectivity index (χ0v) is 22.1. The standard InChI is InChI=1S/C30H29N7O/c1-16-6-9-21-26(25(16)18-8-11-23-20(12-18)14-33-29(32-5)34-23)35-28(36-27(21)31)19-7-10-22-24(13-19)37(17(2)38)15-30(22,3)4/h6-14H,15H2,1-5H3,(H2,31,35,36)(H,32,33,34). The van der Waals surface area contributed by atoms with Gasteiger partial charge in [0.2, 0.25) is 11.9 Å². The second-order valence-corrected chi connectivity index (χ2v) is 10.5. The van der Waals surface area contributed by atoms with Crippen molar-refractivity contribution < 1.29 is 4.79 Å². The van der Waals surface area contributed by atoms with Crippen LogP contribution in [-0.2, 0) is 10.2 Å². The molecule has 3 N–H and O–H groups in total. The van der Waals surface area contributed by atoms with Crippen LogP contribution >= 0.6 is 0 Å². The van der Waals surface area contributed by atoms with E-state index in [-0.39, 0.29) is 11.3 Å². The summed E-state index contributed by atoms with van der Waals surface area (Å²) in [7, 11) is 1.80. The van der Waals surface area contributed by atoms with Crippen LogP contribution in [0.25, 0.3) is 44.3 Å². The molecule has 1 amide bonds. The highest BCUT2D eigenvalue weighted by atomic mass is 16.2. The number of nitrogens with one attached hydrogen (secondary N) is 1. The quantitative estimate of drug-likeness (QED) is 0.335. The van der Waals surface area contributed by atoms with Crippen LogP contribution in [0.5, 0.6) is 0 Å². The average Bonchev–Trinajstić information content (AvgIpc) is 3.18. The van der Waals surface area contributed by atoms with Crippen LogP contribution in [0.2, 0.25) is 0 Å². The fourth-order valence-electron chi connectivity index (χ4n) is 5.44. The molecular formula is C30H29N7O. The number of nitrogens with zero attached hydrogens (tertiary/aromatic N) is 5. The molecule has 0 unspecified atom stereocenters. The molecule has 5 aromatic rings. The number of fused-ring (bicyclic) bond motifs is 3. The molecule has 190 valence electrons. The van der Waals surface area contributed by atoms with Gasteiger partial charge in [0, 0.05) is 59.7 Å². The summed E-state index contributed by atoms with van der Waals surface area (Å²) < 4.78 is 0. The van der Waals surface area contributed by atoms with Crippen molar-refractivity contribution >= 4 is 45.2 Å². The number of anilines is 3. The van der Waals surface area contributed by atoms with Gasteiger partial charge in [-0.25, -0.2) is 19.9 Å². The Morgan fingerprint density at radius 1 is 1.03 bits per heavy atom. The van der Waals surface area contributed by atoms with Crippen LogP contribution in [0.1, 0.15) is 31.9 Å². The third-order valence-electron chi connectivity index (χ3n) is 7.41. The lowest BCUT2D eigenvalue weighted by atomic mass is 9.86. The molecular weight excluding hydrogens is 474 g/mol. The summed E-state index contributed by atoms with van der Waals surface area (Å²) in [5, 5.41) is 4.71. The fourth-order valence-corrected chi connectivity index (χ4v) is 5.44. The molecule has 2 aromatic heterocycles. The molecule has 0 radical (unpaired) electrons. The molecule has 6 rings (SSSR count). The molecule has 0 atom stereocenters. The van der Waals surface area contributed by atoms with E-state index in [4.69, 9.17) is 10.7 Å². The number of hydrogen-bond acceptors (Lipinski definition) is 7. The fraction of sp³-hybridized carbons (Fsp3) is 0.233. The average molecular weight is 504 g/mol. The topological polar surface area (TPSA) is 110 Å². The third kappa shape index (κ3) is 3.72. The Balaban J connectivity index is 1.54. The van der Waals surface area contributed by atoms with Gasteiger partial charge in [-0.15, -0.1) is 0 Å². The molecule has 38 heavy (non-hydrogen) atoms. The highest BCUT2D eigenvalue weighted by Gasteiger charge is 2.37. The molecule has 8 nitrogen and oxygen atoms in total. The summed E-state index contributed by atoms with van der Waals surface area (Å²) in [5.41, 5.74) is 14.0. The minimum absolute atomic E-state index is 0.0213. The number of amides is 1. The van der Waals surface area contributed by atoms with Crippen molar-refractivity contribution in [1.29, 1.82) is 0 Å². The van der Waals surface area contributed by atoms with Gasteiger partial charge in [0.1, 0.15) is 5.82 Å². The second-order valence-electron chi connectivity index (χ2n) is 10.5. The van der Waals surface area contributed by atoms with Crippen molar-refractivity contribution in [1.82, 2.24) is 19.9 Å². The Hall–Kier alpha value is -4.59. The largest absolute Gasteiger partial charge is 0.383 e. The number of carbonyl (C=O) groups is 1. The lowest BCUT2D eigenvalue weighted by molar-refractivity contribution is -0.116. The normalized spacial score (nSPS) is 14.2. The Morgan fingerprint density at radius 2 is 1.82 bits per heavy atom. The SMILES string of the molecule is CNc1ncc2cc(-c3c(C)ccc4c(N)nc(-c5ccc6c(c5)N(C(C)=O)CC6(C)C)nc34)ccc2n1. The summed E-state index contributed by atoms with van der Waals surface area (Å²) in [6.45, 7) is 8.63. The highest BCUT2D eigenvalue weighted by Crippen LogP contribution is 2.43. The molecule has 3 aromatic carbocycles. The third-order valence-corrected chi connectivity index (χ3v) is 7.41. The summed E-state index contributed by atoms with van der Waals surface area (Å²) in [6, 6.07) is 16.3. The van der Waals surface area contributed by atoms with Crippen LogP contribution in [0, 0.1) is 6.92 Å². The first-order valence-electron chi connectivity index (χ1n) is 12.6. The minimum Gasteiger partial charge on any atom is -0.383 e. The predicted octanol–water partition coefficient (Wildman–Crippen LogP) is 5.48. The highest BCUT2D eigenvalue weighted by molar-refractivity contribution is 6.02. The number of aryl methyl sites for hydroxylation is 1. The Kier molecular flexibility index (Phi) is 5.31. The Labute approximate surface area is 221 Å². The van der Waals surface area contributed by atoms with Gasteiger partial charge >= 0.3 is 0 Å². The van der Waals surface area contributed by atoms with Crippen LogP contribution in [0.15, 0.2) is 54.7 Å². The molecule has 0 aliphatic carbocycles. The van der Waals surface area contributed by atoms with Crippen molar-refractivity contribution in [3.05, 3.63) is 65.9 Å². The van der Waals surface area contributed by atoms with E-state index in [0.717, 1.165) is 55.3 Å². The van der Waals surface area contributed by atoms with Crippen molar-refractivity contribution in [2.75, 3.05) is 29.5 Å². The van der Waals surface area contributed by atoms with E-state index >= 15 is 0 Å². The molecule has 0 spiro atoms. The van der Waals surface area contributed by atoms with Crippen molar-refractivity contribution in [2.24, 2.45) is 0 Å². The van der Waals surface area contributed by atoms with Gasteiger partial charge in [0.05, 0.1) is 11.0 Å². The van der Waals surface area contributed by atoms with E-state index in [1.807, 2.05) is 41.4 Å². The van der Waals surface area contributed by atoms with Gasteiger partial charge in [-0.3, -0.25) is 4.79 Å². The Bertz CT molecular complexity index is 1780. The summed E-state index contributed by atoms with van der Waals surface area (Å²) in [6.07, 6.45) is 1.82. The maximum absolute atomic E-state index is 12.4.